The van der Waals surface area contributed by atoms with Gasteiger partial charge in [-0.05, 0) is 49.9 Å². The summed E-state index contributed by atoms with van der Waals surface area (Å²) in [6.07, 6.45) is 3.11. The van der Waals surface area contributed by atoms with Crippen molar-refractivity contribution in [2.45, 2.75) is 38.0 Å². The third kappa shape index (κ3) is 6.04. The molecule has 0 amide bonds. The molecule has 0 bridgehead atoms. The fourth-order valence-corrected chi connectivity index (χ4v) is 2.61. The molecular formula is C13H22N2O3S. The van der Waals surface area contributed by atoms with Crippen LogP contribution in [0.1, 0.15) is 31.7 Å². The average molecular weight is 286 g/mol. The van der Waals surface area contributed by atoms with Gasteiger partial charge < -0.3 is 5.73 Å². The third-order valence-electron chi connectivity index (χ3n) is 2.97. The smallest absolute Gasteiger partial charge is 0.281 e. The number of nitrogens with two attached hydrogens (primary N) is 1. The molecule has 1 rings (SSSR count). The summed E-state index contributed by atoms with van der Waals surface area (Å²) in [6.45, 7) is 2.30. The molecule has 108 valence electrons. The number of rotatable bonds is 8. The lowest BCUT2D eigenvalue weighted by molar-refractivity contribution is 0.443. The van der Waals surface area contributed by atoms with Gasteiger partial charge in [0.1, 0.15) is 5.37 Å². The highest BCUT2D eigenvalue weighted by molar-refractivity contribution is 7.86. The van der Waals surface area contributed by atoms with Crippen molar-refractivity contribution in [3.63, 3.8) is 0 Å². The Morgan fingerprint density at radius 3 is 2.42 bits per heavy atom. The van der Waals surface area contributed by atoms with Gasteiger partial charge in [0.15, 0.2) is 0 Å². The van der Waals surface area contributed by atoms with Crippen LogP contribution in [0.15, 0.2) is 24.3 Å². The molecule has 0 saturated heterocycles. The van der Waals surface area contributed by atoms with E-state index in [1.807, 2.05) is 24.3 Å². The molecule has 0 spiro atoms. The van der Waals surface area contributed by atoms with Crippen LogP contribution in [0.2, 0.25) is 0 Å². The van der Waals surface area contributed by atoms with E-state index in [4.69, 9.17) is 10.3 Å². The van der Waals surface area contributed by atoms with E-state index in [2.05, 4.69) is 5.32 Å². The minimum atomic E-state index is -3.98. The summed E-state index contributed by atoms with van der Waals surface area (Å²) in [4.78, 5) is 0. The molecule has 0 radical (unpaired) electrons. The molecule has 0 aliphatic carbocycles. The van der Waals surface area contributed by atoms with Crippen molar-refractivity contribution in [3.05, 3.63) is 29.8 Å². The Labute approximate surface area is 115 Å². The van der Waals surface area contributed by atoms with E-state index in [-0.39, 0.29) is 0 Å². The van der Waals surface area contributed by atoms with Gasteiger partial charge in [-0.2, -0.15) is 8.42 Å². The quantitative estimate of drug-likeness (QED) is 0.385. The minimum absolute atomic E-state index is 0.358. The maximum absolute atomic E-state index is 11.0. The van der Waals surface area contributed by atoms with E-state index in [0.717, 1.165) is 24.9 Å². The van der Waals surface area contributed by atoms with Crippen LogP contribution < -0.4 is 11.1 Å². The second kappa shape index (κ2) is 7.47. The number of nitrogens with one attached hydrogen (secondary N) is 1. The van der Waals surface area contributed by atoms with Crippen LogP contribution in [0.4, 0.5) is 5.69 Å². The highest BCUT2D eigenvalue weighted by Crippen LogP contribution is 2.08. The van der Waals surface area contributed by atoms with Crippen molar-refractivity contribution >= 4 is 15.8 Å². The first-order chi connectivity index (χ1) is 8.93. The summed E-state index contributed by atoms with van der Waals surface area (Å²) in [5, 5.41) is 1.99. The third-order valence-corrected chi connectivity index (χ3v) is 4.19. The largest absolute Gasteiger partial charge is 0.399 e. The zero-order chi connectivity index (χ0) is 14.3. The summed E-state index contributed by atoms with van der Waals surface area (Å²) in [6, 6.07) is 7.74. The summed E-state index contributed by atoms with van der Waals surface area (Å²) in [5.74, 6) is 0. The highest BCUT2D eigenvalue weighted by Gasteiger charge is 2.19. The molecule has 1 atom stereocenters. The molecule has 5 nitrogen and oxygen atoms in total. The summed E-state index contributed by atoms with van der Waals surface area (Å²) < 4.78 is 30.9. The fraction of sp³-hybridized carbons (Fsp3) is 0.538. The maximum Gasteiger partial charge on any atom is 0.281 e. The molecule has 19 heavy (non-hydrogen) atoms. The monoisotopic (exact) mass is 286 g/mol. The second-order valence-electron chi connectivity index (χ2n) is 4.56. The Bertz CT molecular complexity index is 471. The van der Waals surface area contributed by atoms with Crippen molar-refractivity contribution in [1.29, 1.82) is 0 Å². The Morgan fingerprint density at radius 2 is 1.89 bits per heavy atom. The normalized spacial score (nSPS) is 13.4. The standard InChI is InChI=1S/C13H22N2O3S/c1-2-13(19(16,17)18)15-10-4-3-5-11-6-8-12(14)9-7-11/h6-9,13,15H,2-5,10,14H2,1H3,(H,16,17,18). The molecule has 0 saturated carbocycles. The van der Waals surface area contributed by atoms with Gasteiger partial charge in [-0.15, -0.1) is 0 Å². The molecule has 0 aliphatic rings. The Morgan fingerprint density at radius 1 is 1.26 bits per heavy atom. The van der Waals surface area contributed by atoms with Crippen molar-refractivity contribution < 1.29 is 13.0 Å². The zero-order valence-corrected chi connectivity index (χ0v) is 12.0. The molecule has 1 aromatic rings. The molecule has 4 N–H and O–H groups in total. The lowest BCUT2D eigenvalue weighted by Gasteiger charge is -2.13. The molecule has 0 fully saturated rings. The SMILES string of the molecule is CCC(NCCCCc1ccc(N)cc1)S(=O)(=O)O. The van der Waals surface area contributed by atoms with Crippen LogP contribution in [0.5, 0.6) is 0 Å². The first kappa shape index (κ1) is 15.9. The second-order valence-corrected chi connectivity index (χ2v) is 6.16. The average Bonchev–Trinajstić information content (AvgIpc) is 2.34. The van der Waals surface area contributed by atoms with Crippen LogP contribution in [0.25, 0.3) is 0 Å². The van der Waals surface area contributed by atoms with Gasteiger partial charge in [0.05, 0.1) is 0 Å². The van der Waals surface area contributed by atoms with Crippen LogP contribution in [-0.4, -0.2) is 24.9 Å². The van der Waals surface area contributed by atoms with Gasteiger partial charge in [-0.3, -0.25) is 9.87 Å². The van der Waals surface area contributed by atoms with Crippen LogP contribution in [0, 0.1) is 0 Å². The molecule has 0 aliphatic heterocycles. The van der Waals surface area contributed by atoms with Gasteiger partial charge >= 0.3 is 0 Å². The molecule has 0 heterocycles. The number of hydrogen-bond acceptors (Lipinski definition) is 4. The fourth-order valence-electron chi connectivity index (χ4n) is 1.86. The van der Waals surface area contributed by atoms with Gasteiger partial charge in [-0.25, -0.2) is 0 Å². The molecule has 0 aromatic heterocycles. The van der Waals surface area contributed by atoms with Crippen LogP contribution >= 0.6 is 0 Å². The van der Waals surface area contributed by atoms with Crippen LogP contribution in [0.3, 0.4) is 0 Å². The van der Waals surface area contributed by atoms with E-state index >= 15 is 0 Å². The number of unbranched alkanes of at least 4 members (excludes halogenated alkanes) is 1. The van der Waals surface area contributed by atoms with E-state index < -0.39 is 15.5 Å². The van der Waals surface area contributed by atoms with Crippen molar-refractivity contribution in [2.24, 2.45) is 0 Å². The minimum Gasteiger partial charge on any atom is -0.399 e. The predicted octanol–water partition coefficient (Wildman–Crippen LogP) is 1.81. The summed E-state index contributed by atoms with van der Waals surface area (Å²) in [7, 11) is -3.98. The number of anilines is 1. The first-order valence-corrected chi connectivity index (χ1v) is 7.98. The van der Waals surface area contributed by atoms with Gasteiger partial charge in [0, 0.05) is 5.69 Å². The number of aryl methyl sites for hydroxylation is 1. The molecule has 1 unspecified atom stereocenters. The van der Waals surface area contributed by atoms with Gasteiger partial charge in [0.25, 0.3) is 10.1 Å². The summed E-state index contributed by atoms with van der Waals surface area (Å²) in [5.41, 5.74) is 7.57. The van der Waals surface area contributed by atoms with Crippen molar-refractivity contribution in [3.8, 4) is 0 Å². The zero-order valence-electron chi connectivity index (χ0n) is 11.2. The van der Waals surface area contributed by atoms with E-state index in [0.29, 0.717) is 13.0 Å². The Kier molecular flexibility index (Phi) is 6.27. The Balaban J connectivity index is 2.22. The molecule has 6 heteroatoms. The van der Waals surface area contributed by atoms with Crippen LogP contribution in [-0.2, 0) is 16.5 Å². The van der Waals surface area contributed by atoms with Gasteiger partial charge in [-0.1, -0.05) is 19.1 Å². The molecular weight excluding hydrogens is 264 g/mol. The number of benzene rings is 1. The van der Waals surface area contributed by atoms with E-state index in [1.54, 1.807) is 6.92 Å². The number of hydrogen-bond donors (Lipinski definition) is 3. The highest BCUT2D eigenvalue weighted by atomic mass is 32.2. The van der Waals surface area contributed by atoms with E-state index in [1.165, 1.54) is 5.56 Å². The molecule has 1 aromatic carbocycles. The Hall–Kier alpha value is -1.11. The van der Waals surface area contributed by atoms with Crippen molar-refractivity contribution in [2.75, 3.05) is 12.3 Å². The first-order valence-electron chi connectivity index (χ1n) is 6.47. The van der Waals surface area contributed by atoms with E-state index in [9.17, 15) is 8.42 Å². The van der Waals surface area contributed by atoms with Crippen molar-refractivity contribution in [1.82, 2.24) is 5.32 Å². The summed E-state index contributed by atoms with van der Waals surface area (Å²) >= 11 is 0. The predicted molar refractivity (Wildman–Crippen MR) is 77.4 cm³/mol. The maximum atomic E-state index is 11.0. The lowest BCUT2D eigenvalue weighted by atomic mass is 10.1. The lowest BCUT2D eigenvalue weighted by Crippen LogP contribution is -2.36. The number of nitrogen functional groups attached to an aromatic ring is 1. The van der Waals surface area contributed by atoms with Gasteiger partial charge in [0.2, 0.25) is 0 Å². The topological polar surface area (TPSA) is 92.4 Å².